The second-order valence-electron chi connectivity index (χ2n) is 7.87. The molecular weight excluding hydrogens is 424 g/mol. The van der Waals surface area contributed by atoms with Gasteiger partial charge in [0.15, 0.2) is 11.6 Å². The molecule has 2 aliphatic heterocycles. The highest BCUT2D eigenvalue weighted by Crippen LogP contribution is 2.27. The first-order valence-electron chi connectivity index (χ1n) is 10.2. The van der Waals surface area contributed by atoms with Crippen molar-refractivity contribution in [2.24, 2.45) is 7.05 Å². The third kappa shape index (κ3) is 3.82. The highest BCUT2D eigenvalue weighted by atomic mass is 16.3. The Labute approximate surface area is 188 Å². The fourth-order valence-corrected chi connectivity index (χ4v) is 3.84. The Bertz CT molecular complexity index is 1370. The summed E-state index contributed by atoms with van der Waals surface area (Å²) in [5, 5.41) is 8.74. The van der Waals surface area contributed by atoms with E-state index in [2.05, 4.69) is 20.7 Å². The number of hydrogen-bond acceptors (Lipinski definition) is 6. The van der Waals surface area contributed by atoms with E-state index >= 15 is 0 Å². The average molecular weight is 444 g/mol. The number of fused-ring (bicyclic) bond motifs is 2. The van der Waals surface area contributed by atoms with Gasteiger partial charge in [0.25, 0.3) is 11.8 Å². The summed E-state index contributed by atoms with van der Waals surface area (Å²) in [5.41, 5.74) is 5.25. The zero-order valence-corrected chi connectivity index (χ0v) is 17.9. The number of nitrogens with one attached hydrogen (secondary N) is 2. The molecule has 6 rings (SSSR count). The molecule has 4 aromatic rings. The molecular formula is C23H20N6O4. The van der Waals surface area contributed by atoms with Crippen LogP contribution in [0.25, 0.3) is 22.2 Å². The van der Waals surface area contributed by atoms with Crippen LogP contribution in [0.2, 0.25) is 0 Å². The Hall–Kier alpha value is -4.47. The molecule has 1 atom stereocenters. The predicted molar refractivity (Wildman–Crippen MR) is 118 cm³/mol. The van der Waals surface area contributed by atoms with Crippen LogP contribution in [-0.4, -0.2) is 44.6 Å². The van der Waals surface area contributed by atoms with E-state index < -0.39 is 18.0 Å². The van der Waals surface area contributed by atoms with Crippen LogP contribution in [0.4, 0.5) is 4.79 Å². The van der Waals surface area contributed by atoms with Crippen LogP contribution in [0.3, 0.4) is 0 Å². The second kappa shape index (κ2) is 7.90. The number of hydrogen-bond donors (Lipinski definition) is 2. The number of amides is 4. The molecule has 0 aliphatic carbocycles. The van der Waals surface area contributed by atoms with E-state index in [0.29, 0.717) is 23.4 Å². The van der Waals surface area contributed by atoms with Crippen molar-refractivity contribution in [3.63, 3.8) is 0 Å². The standard InChI is InChI=1S/C13H13N3O.C10H7N3O3/c1-15-7-10-4-3-9(5-12(10)13(15)17)11-6-14-16(2)8-11;14-9-8(12-10(15)13-9)7-4-5-6(16-7)2-1-3-11-5/h3-6,8H,7H2,1-2H3;1-4,8H,(H2,12,13,14,15). The number of furan rings is 1. The summed E-state index contributed by atoms with van der Waals surface area (Å²) in [6, 6.07) is 9.89. The van der Waals surface area contributed by atoms with Crippen LogP contribution in [0.1, 0.15) is 27.7 Å². The maximum absolute atomic E-state index is 11.9. The van der Waals surface area contributed by atoms with Gasteiger partial charge >= 0.3 is 6.03 Å². The highest BCUT2D eigenvalue weighted by Gasteiger charge is 2.33. The van der Waals surface area contributed by atoms with Gasteiger partial charge in [-0.3, -0.25) is 24.6 Å². The fraction of sp³-hybridized carbons (Fsp3) is 0.174. The first-order valence-corrected chi connectivity index (χ1v) is 10.2. The van der Waals surface area contributed by atoms with Gasteiger partial charge in [0.2, 0.25) is 0 Å². The number of nitrogens with zero attached hydrogens (tertiary/aromatic N) is 4. The zero-order chi connectivity index (χ0) is 23.1. The fourth-order valence-electron chi connectivity index (χ4n) is 3.84. The van der Waals surface area contributed by atoms with Crippen molar-refractivity contribution < 1.29 is 18.8 Å². The molecule has 0 spiro atoms. The third-order valence-electron chi connectivity index (χ3n) is 5.50. The summed E-state index contributed by atoms with van der Waals surface area (Å²) in [5.74, 6) is 0.0758. The molecule has 1 aromatic carbocycles. The Morgan fingerprint density at radius 2 is 1.94 bits per heavy atom. The Balaban J connectivity index is 0.000000139. The van der Waals surface area contributed by atoms with Crippen LogP contribution >= 0.6 is 0 Å². The van der Waals surface area contributed by atoms with Gasteiger partial charge in [-0.25, -0.2) is 4.79 Å². The summed E-state index contributed by atoms with van der Waals surface area (Å²) in [6.45, 7) is 0.710. The second-order valence-corrected chi connectivity index (χ2v) is 7.87. The van der Waals surface area contributed by atoms with Gasteiger partial charge in [0.05, 0.1) is 6.20 Å². The van der Waals surface area contributed by atoms with Crippen LogP contribution < -0.4 is 10.6 Å². The number of urea groups is 1. The molecule has 0 saturated carbocycles. The van der Waals surface area contributed by atoms with Crippen molar-refractivity contribution in [2.45, 2.75) is 12.6 Å². The Kier molecular flexibility index (Phi) is 4.89. The van der Waals surface area contributed by atoms with Crippen molar-refractivity contribution in [3.8, 4) is 11.1 Å². The maximum atomic E-state index is 11.9. The summed E-state index contributed by atoms with van der Waals surface area (Å²) in [7, 11) is 3.71. The monoisotopic (exact) mass is 444 g/mol. The van der Waals surface area contributed by atoms with Crippen molar-refractivity contribution in [2.75, 3.05) is 7.05 Å². The van der Waals surface area contributed by atoms with Crippen LogP contribution in [0.15, 0.2) is 59.4 Å². The molecule has 10 nitrogen and oxygen atoms in total. The average Bonchev–Trinajstić information content (AvgIpc) is 3.55. The number of carbonyl (C=O) groups excluding carboxylic acids is 3. The van der Waals surface area contributed by atoms with Crippen LogP contribution in [0, 0.1) is 0 Å². The van der Waals surface area contributed by atoms with Crippen molar-refractivity contribution in [1.29, 1.82) is 0 Å². The molecule has 166 valence electrons. The number of pyridine rings is 1. The summed E-state index contributed by atoms with van der Waals surface area (Å²) in [4.78, 5) is 40.0. The largest absolute Gasteiger partial charge is 0.457 e. The van der Waals surface area contributed by atoms with E-state index in [1.54, 1.807) is 34.0 Å². The molecule has 1 saturated heterocycles. The lowest BCUT2D eigenvalue weighted by Crippen LogP contribution is -2.22. The van der Waals surface area contributed by atoms with Gasteiger partial charge in [-0.1, -0.05) is 12.1 Å². The van der Waals surface area contributed by atoms with E-state index in [-0.39, 0.29) is 5.91 Å². The first kappa shape index (κ1) is 20.4. The van der Waals surface area contributed by atoms with Crippen LogP contribution in [0.5, 0.6) is 0 Å². The normalized spacial score (nSPS) is 17.0. The molecule has 1 unspecified atom stereocenters. The zero-order valence-electron chi connectivity index (χ0n) is 17.9. The smallest absolute Gasteiger partial charge is 0.322 e. The van der Waals surface area contributed by atoms with Gasteiger partial charge in [-0.2, -0.15) is 5.10 Å². The number of benzene rings is 1. The summed E-state index contributed by atoms with van der Waals surface area (Å²) >= 11 is 0. The molecule has 5 heterocycles. The molecule has 2 aliphatic rings. The molecule has 0 radical (unpaired) electrons. The number of aromatic nitrogens is 3. The molecule has 4 amide bonds. The van der Waals surface area contributed by atoms with Gasteiger partial charge in [0, 0.05) is 50.2 Å². The highest BCUT2D eigenvalue weighted by molar-refractivity contribution is 6.04. The lowest BCUT2D eigenvalue weighted by atomic mass is 10.0. The van der Waals surface area contributed by atoms with E-state index in [0.717, 1.165) is 22.3 Å². The number of rotatable bonds is 2. The number of aryl methyl sites for hydroxylation is 1. The molecule has 0 bridgehead atoms. The third-order valence-corrected chi connectivity index (χ3v) is 5.50. The van der Waals surface area contributed by atoms with Crippen molar-refractivity contribution >= 4 is 28.9 Å². The predicted octanol–water partition coefficient (Wildman–Crippen LogP) is 2.38. The quantitative estimate of drug-likeness (QED) is 0.458. The van der Waals surface area contributed by atoms with Crippen molar-refractivity contribution in [3.05, 3.63) is 71.9 Å². The van der Waals surface area contributed by atoms with Gasteiger partial charge in [-0.05, 0) is 29.3 Å². The first-order chi connectivity index (χ1) is 15.9. The Morgan fingerprint density at radius 3 is 2.64 bits per heavy atom. The van der Waals surface area contributed by atoms with E-state index in [1.807, 2.05) is 44.7 Å². The number of carbonyl (C=O) groups is 3. The van der Waals surface area contributed by atoms with Gasteiger partial charge in [0.1, 0.15) is 11.3 Å². The lowest BCUT2D eigenvalue weighted by Gasteiger charge is -2.04. The van der Waals surface area contributed by atoms with E-state index in [9.17, 15) is 14.4 Å². The summed E-state index contributed by atoms with van der Waals surface area (Å²) in [6.07, 6.45) is 5.39. The van der Waals surface area contributed by atoms with Crippen LogP contribution in [-0.2, 0) is 18.4 Å². The van der Waals surface area contributed by atoms with Gasteiger partial charge < -0.3 is 14.6 Å². The van der Waals surface area contributed by atoms with E-state index in [1.165, 1.54) is 0 Å². The lowest BCUT2D eigenvalue weighted by molar-refractivity contribution is -0.120. The minimum atomic E-state index is -0.762. The molecule has 33 heavy (non-hydrogen) atoms. The maximum Gasteiger partial charge on any atom is 0.322 e. The molecule has 1 fully saturated rings. The SMILES string of the molecule is CN1Cc2ccc(-c3cnn(C)c3)cc2C1=O.O=C1NC(=O)C(c2cc3ncccc3o2)N1. The minimum absolute atomic E-state index is 0.103. The molecule has 10 heteroatoms. The summed E-state index contributed by atoms with van der Waals surface area (Å²) < 4.78 is 7.19. The Morgan fingerprint density at radius 1 is 1.09 bits per heavy atom. The van der Waals surface area contributed by atoms with E-state index in [4.69, 9.17) is 4.42 Å². The number of imide groups is 1. The molecule has 2 N–H and O–H groups in total. The van der Waals surface area contributed by atoms with Crippen molar-refractivity contribution in [1.82, 2.24) is 30.3 Å². The topological polar surface area (TPSA) is 122 Å². The minimum Gasteiger partial charge on any atom is -0.457 e. The van der Waals surface area contributed by atoms with Gasteiger partial charge in [-0.15, -0.1) is 0 Å². The molecule has 3 aromatic heterocycles.